The van der Waals surface area contributed by atoms with Crippen LogP contribution in [0.4, 0.5) is 4.79 Å². The van der Waals surface area contributed by atoms with Crippen molar-refractivity contribution in [1.82, 2.24) is 14.3 Å². The average Bonchev–Trinajstić information content (AvgIpc) is 2.71. The maximum absolute atomic E-state index is 10.9. The zero-order chi connectivity index (χ0) is 11.1. The number of amides is 1. The van der Waals surface area contributed by atoms with Gasteiger partial charge in [-0.1, -0.05) is 0 Å². The summed E-state index contributed by atoms with van der Waals surface area (Å²) < 4.78 is 1.97. The molecule has 0 fully saturated rings. The van der Waals surface area contributed by atoms with Crippen molar-refractivity contribution in [2.24, 2.45) is 0 Å². The molecule has 1 aliphatic rings. The highest BCUT2D eigenvalue weighted by Gasteiger charge is 2.20. The van der Waals surface area contributed by atoms with Crippen LogP contribution in [0.3, 0.4) is 0 Å². The molecule has 1 aliphatic heterocycles. The van der Waals surface area contributed by atoms with Gasteiger partial charge in [-0.25, -0.2) is 9.78 Å². The SMILES string of the molecule is O=C(O)N1CCc2cn3cncc3cc2C1. The smallest absolute Gasteiger partial charge is 0.407 e. The van der Waals surface area contributed by atoms with Crippen LogP contribution in [0.15, 0.2) is 24.8 Å². The van der Waals surface area contributed by atoms with Gasteiger partial charge in [-0.05, 0) is 23.6 Å². The summed E-state index contributed by atoms with van der Waals surface area (Å²) in [5.41, 5.74) is 3.30. The fraction of sp³-hybridized carbons (Fsp3) is 0.273. The second-order valence-electron chi connectivity index (χ2n) is 4.00. The van der Waals surface area contributed by atoms with Crippen molar-refractivity contribution in [2.75, 3.05) is 6.54 Å². The summed E-state index contributed by atoms with van der Waals surface area (Å²) in [6.45, 7) is 1.05. The molecule has 16 heavy (non-hydrogen) atoms. The van der Waals surface area contributed by atoms with E-state index in [1.165, 1.54) is 10.5 Å². The van der Waals surface area contributed by atoms with Crippen molar-refractivity contribution >= 4 is 11.6 Å². The number of imidazole rings is 1. The van der Waals surface area contributed by atoms with Crippen molar-refractivity contribution in [2.45, 2.75) is 13.0 Å². The minimum Gasteiger partial charge on any atom is -0.465 e. The molecule has 1 N–H and O–H groups in total. The Balaban J connectivity index is 2.06. The first kappa shape index (κ1) is 9.21. The molecular formula is C11H11N3O2. The first-order chi connectivity index (χ1) is 7.74. The Hall–Kier alpha value is -2.04. The maximum Gasteiger partial charge on any atom is 0.407 e. The van der Waals surface area contributed by atoms with Gasteiger partial charge >= 0.3 is 6.09 Å². The van der Waals surface area contributed by atoms with E-state index in [-0.39, 0.29) is 0 Å². The summed E-state index contributed by atoms with van der Waals surface area (Å²) in [6.07, 6.45) is 5.50. The summed E-state index contributed by atoms with van der Waals surface area (Å²) in [5.74, 6) is 0. The Morgan fingerprint density at radius 1 is 1.44 bits per heavy atom. The fourth-order valence-corrected chi connectivity index (χ4v) is 2.13. The van der Waals surface area contributed by atoms with Gasteiger partial charge in [0.2, 0.25) is 0 Å². The van der Waals surface area contributed by atoms with Gasteiger partial charge in [0.25, 0.3) is 0 Å². The quantitative estimate of drug-likeness (QED) is 0.725. The lowest BCUT2D eigenvalue weighted by molar-refractivity contribution is 0.140. The molecule has 0 saturated carbocycles. The van der Waals surface area contributed by atoms with E-state index in [9.17, 15) is 4.79 Å². The third-order valence-corrected chi connectivity index (χ3v) is 3.01. The largest absolute Gasteiger partial charge is 0.465 e. The molecule has 0 bridgehead atoms. The lowest BCUT2D eigenvalue weighted by Gasteiger charge is -2.26. The van der Waals surface area contributed by atoms with Crippen LogP contribution in [0.5, 0.6) is 0 Å². The zero-order valence-electron chi connectivity index (χ0n) is 8.63. The van der Waals surface area contributed by atoms with Gasteiger partial charge in [0.05, 0.1) is 18.0 Å². The van der Waals surface area contributed by atoms with E-state index < -0.39 is 6.09 Å². The minimum atomic E-state index is -0.848. The van der Waals surface area contributed by atoms with Gasteiger partial charge in [0.15, 0.2) is 0 Å². The van der Waals surface area contributed by atoms with Crippen LogP contribution in [-0.2, 0) is 13.0 Å². The van der Waals surface area contributed by atoms with Crippen molar-refractivity contribution in [1.29, 1.82) is 0 Å². The highest BCUT2D eigenvalue weighted by Crippen LogP contribution is 2.20. The average molecular weight is 217 g/mol. The summed E-state index contributed by atoms with van der Waals surface area (Å²) in [6, 6.07) is 2.01. The molecule has 1 amide bonds. The Morgan fingerprint density at radius 3 is 3.12 bits per heavy atom. The van der Waals surface area contributed by atoms with Crippen LogP contribution in [0.1, 0.15) is 11.1 Å². The molecule has 2 aromatic rings. The molecule has 0 saturated heterocycles. The second-order valence-corrected chi connectivity index (χ2v) is 4.00. The number of hydrogen-bond donors (Lipinski definition) is 1. The van der Waals surface area contributed by atoms with E-state index in [1.807, 2.05) is 16.7 Å². The molecule has 0 aromatic carbocycles. The summed E-state index contributed by atoms with van der Waals surface area (Å²) in [4.78, 5) is 16.4. The van der Waals surface area contributed by atoms with Gasteiger partial charge in [0.1, 0.15) is 0 Å². The van der Waals surface area contributed by atoms with Crippen LogP contribution in [0.2, 0.25) is 0 Å². The first-order valence-electron chi connectivity index (χ1n) is 5.15. The van der Waals surface area contributed by atoms with Crippen LogP contribution in [0, 0.1) is 0 Å². The highest BCUT2D eigenvalue weighted by molar-refractivity contribution is 5.66. The molecule has 3 heterocycles. The minimum absolute atomic E-state index is 0.479. The lowest BCUT2D eigenvalue weighted by atomic mass is 10.0. The van der Waals surface area contributed by atoms with Crippen LogP contribution in [0.25, 0.3) is 5.52 Å². The van der Waals surface area contributed by atoms with Crippen molar-refractivity contribution in [3.05, 3.63) is 35.9 Å². The molecule has 2 aromatic heterocycles. The van der Waals surface area contributed by atoms with E-state index in [2.05, 4.69) is 4.98 Å². The topological polar surface area (TPSA) is 57.8 Å². The number of nitrogens with zero attached hydrogens (tertiary/aromatic N) is 3. The number of carbonyl (C=O) groups is 1. The standard InChI is InChI=1S/C11H11N3O2/c15-11(16)13-2-1-8-5-14-7-12-4-10(14)3-9(8)6-13/h3-5,7H,1-2,6H2,(H,15,16). The zero-order valence-corrected chi connectivity index (χ0v) is 8.63. The molecule has 0 aliphatic carbocycles. The van der Waals surface area contributed by atoms with Crippen LogP contribution in [-0.4, -0.2) is 32.0 Å². The Morgan fingerprint density at radius 2 is 2.31 bits per heavy atom. The van der Waals surface area contributed by atoms with Crippen molar-refractivity contribution in [3.8, 4) is 0 Å². The summed E-state index contributed by atoms with van der Waals surface area (Å²) in [5, 5.41) is 8.95. The van der Waals surface area contributed by atoms with Gasteiger partial charge in [-0.2, -0.15) is 0 Å². The van der Waals surface area contributed by atoms with E-state index in [0.29, 0.717) is 13.1 Å². The summed E-state index contributed by atoms with van der Waals surface area (Å²) in [7, 11) is 0. The van der Waals surface area contributed by atoms with E-state index in [1.54, 1.807) is 12.5 Å². The van der Waals surface area contributed by atoms with Gasteiger partial charge < -0.3 is 14.4 Å². The first-order valence-corrected chi connectivity index (χ1v) is 5.15. The van der Waals surface area contributed by atoms with E-state index in [0.717, 1.165) is 17.5 Å². The Labute approximate surface area is 91.9 Å². The Bertz CT molecular complexity index is 561. The highest BCUT2D eigenvalue weighted by atomic mass is 16.4. The number of fused-ring (bicyclic) bond motifs is 2. The number of pyridine rings is 1. The molecule has 0 unspecified atom stereocenters. The van der Waals surface area contributed by atoms with E-state index in [4.69, 9.17) is 5.11 Å². The molecule has 0 radical (unpaired) electrons. The molecule has 5 heteroatoms. The van der Waals surface area contributed by atoms with Gasteiger partial charge in [-0.15, -0.1) is 0 Å². The predicted octanol–water partition coefficient (Wildman–Crippen LogP) is 1.37. The van der Waals surface area contributed by atoms with Crippen LogP contribution < -0.4 is 0 Å². The van der Waals surface area contributed by atoms with Crippen LogP contribution >= 0.6 is 0 Å². The number of aromatic nitrogens is 2. The molecule has 0 atom stereocenters. The van der Waals surface area contributed by atoms with Gasteiger partial charge in [-0.3, -0.25) is 0 Å². The fourth-order valence-electron chi connectivity index (χ4n) is 2.13. The third-order valence-electron chi connectivity index (χ3n) is 3.01. The van der Waals surface area contributed by atoms with Crippen molar-refractivity contribution in [3.63, 3.8) is 0 Å². The lowest BCUT2D eigenvalue weighted by Crippen LogP contribution is -2.34. The van der Waals surface area contributed by atoms with Gasteiger partial charge in [0, 0.05) is 19.3 Å². The molecular weight excluding hydrogens is 206 g/mol. The molecule has 3 rings (SSSR count). The maximum atomic E-state index is 10.9. The molecule has 0 spiro atoms. The molecule has 82 valence electrons. The third kappa shape index (κ3) is 1.32. The molecule has 5 nitrogen and oxygen atoms in total. The number of carboxylic acid groups (broad SMARTS) is 1. The number of hydrogen-bond acceptors (Lipinski definition) is 2. The number of rotatable bonds is 0. The van der Waals surface area contributed by atoms with Crippen molar-refractivity contribution < 1.29 is 9.90 Å². The predicted molar refractivity (Wildman–Crippen MR) is 57.3 cm³/mol. The Kier molecular flexibility index (Phi) is 1.86. The monoisotopic (exact) mass is 217 g/mol. The van der Waals surface area contributed by atoms with E-state index >= 15 is 0 Å². The summed E-state index contributed by atoms with van der Waals surface area (Å²) >= 11 is 0. The normalized spacial score (nSPS) is 15.1. The second kappa shape index (κ2) is 3.23.